The Bertz CT molecular complexity index is 763. The minimum atomic E-state index is -0.487. The number of amides is 1. The summed E-state index contributed by atoms with van der Waals surface area (Å²) in [6.07, 6.45) is 0.373. The number of halogens is 1. The van der Waals surface area contributed by atoms with Gasteiger partial charge in [-0.25, -0.2) is 9.79 Å². The number of nitrogens with zero attached hydrogens (tertiary/aromatic N) is 1. The van der Waals surface area contributed by atoms with Crippen molar-refractivity contribution in [1.82, 2.24) is 10.6 Å². The van der Waals surface area contributed by atoms with Crippen LogP contribution < -0.4 is 16.0 Å². The molecule has 0 atom stereocenters. The molecule has 2 aromatic carbocycles. The molecule has 0 saturated heterocycles. The lowest BCUT2D eigenvalue weighted by molar-refractivity contribution is 0.187. The normalized spacial score (nSPS) is 11.0. The fourth-order valence-electron chi connectivity index (χ4n) is 2.39. The summed E-state index contributed by atoms with van der Waals surface area (Å²) in [5, 5.41) is 9.93. The summed E-state index contributed by atoms with van der Waals surface area (Å²) < 4.78 is 4.57. The van der Waals surface area contributed by atoms with Crippen LogP contribution in [0.5, 0.6) is 0 Å². The average molecular weight is 389 g/mol. The first-order valence-corrected chi connectivity index (χ1v) is 9.19. The van der Waals surface area contributed by atoms with Crippen molar-refractivity contribution in [2.24, 2.45) is 4.99 Å². The van der Waals surface area contributed by atoms with Gasteiger partial charge < -0.3 is 15.4 Å². The van der Waals surface area contributed by atoms with Crippen LogP contribution in [0.1, 0.15) is 18.1 Å². The summed E-state index contributed by atoms with van der Waals surface area (Å²) in [6.45, 7) is 4.10. The molecular formula is C20H25ClN4O2. The minimum Gasteiger partial charge on any atom is -0.453 e. The molecular weight excluding hydrogens is 364 g/mol. The zero-order valence-electron chi connectivity index (χ0n) is 15.6. The fourth-order valence-corrected chi connectivity index (χ4v) is 2.61. The molecule has 0 spiro atoms. The second-order valence-electron chi connectivity index (χ2n) is 5.82. The Labute approximate surface area is 165 Å². The van der Waals surface area contributed by atoms with E-state index >= 15 is 0 Å². The third-order valence-electron chi connectivity index (χ3n) is 3.74. The van der Waals surface area contributed by atoms with Crippen molar-refractivity contribution in [1.29, 1.82) is 0 Å². The van der Waals surface area contributed by atoms with E-state index in [4.69, 9.17) is 11.6 Å². The number of hydrogen-bond donors (Lipinski definition) is 3. The second kappa shape index (κ2) is 11.1. The number of nitrogens with one attached hydrogen (secondary N) is 3. The molecule has 144 valence electrons. The van der Waals surface area contributed by atoms with Crippen molar-refractivity contribution >= 4 is 29.3 Å². The predicted octanol–water partition coefficient (Wildman–Crippen LogP) is 3.82. The van der Waals surface area contributed by atoms with Gasteiger partial charge in [-0.2, -0.15) is 0 Å². The molecule has 0 heterocycles. The highest BCUT2D eigenvalue weighted by Gasteiger charge is 2.02. The molecule has 2 rings (SSSR count). The molecule has 0 aliphatic heterocycles. The number of carbonyl (C=O) groups is 1. The molecule has 0 radical (unpaired) electrons. The summed E-state index contributed by atoms with van der Waals surface area (Å²) in [6, 6.07) is 15.3. The smallest absolute Gasteiger partial charge is 0.411 e. The van der Waals surface area contributed by atoms with Gasteiger partial charge in [0.05, 0.1) is 13.7 Å². The molecule has 0 bridgehead atoms. The molecule has 0 fully saturated rings. The number of hydrogen-bond acceptors (Lipinski definition) is 3. The lowest BCUT2D eigenvalue weighted by Gasteiger charge is -2.11. The number of benzene rings is 2. The number of anilines is 1. The van der Waals surface area contributed by atoms with E-state index in [1.807, 2.05) is 49.4 Å². The average Bonchev–Trinajstić information content (AvgIpc) is 2.67. The first-order valence-electron chi connectivity index (χ1n) is 8.81. The molecule has 0 saturated carbocycles. The number of ether oxygens (including phenoxy) is 1. The third-order valence-corrected chi connectivity index (χ3v) is 3.98. The van der Waals surface area contributed by atoms with Crippen molar-refractivity contribution in [3.8, 4) is 0 Å². The number of aliphatic imine (C=N–C) groups is 1. The zero-order valence-corrected chi connectivity index (χ0v) is 16.3. The van der Waals surface area contributed by atoms with Gasteiger partial charge in [0.15, 0.2) is 5.96 Å². The summed E-state index contributed by atoms with van der Waals surface area (Å²) >= 11 is 6.01. The molecule has 0 aromatic heterocycles. The van der Waals surface area contributed by atoms with Gasteiger partial charge in [0.2, 0.25) is 0 Å². The summed E-state index contributed by atoms with van der Waals surface area (Å²) in [4.78, 5) is 15.8. The van der Waals surface area contributed by atoms with E-state index in [2.05, 4.69) is 31.7 Å². The number of rotatable bonds is 7. The highest BCUT2D eigenvalue weighted by molar-refractivity contribution is 6.30. The Morgan fingerprint density at radius 2 is 1.89 bits per heavy atom. The zero-order chi connectivity index (χ0) is 19.5. The van der Waals surface area contributed by atoms with Crippen LogP contribution in [0.3, 0.4) is 0 Å². The van der Waals surface area contributed by atoms with Gasteiger partial charge in [0, 0.05) is 23.8 Å². The molecule has 6 nitrogen and oxygen atoms in total. The van der Waals surface area contributed by atoms with Crippen LogP contribution in [0.2, 0.25) is 5.02 Å². The second-order valence-corrected chi connectivity index (χ2v) is 6.25. The maximum absolute atomic E-state index is 11.2. The SMILES string of the molecule is CCNC(=NCc1ccc(NC(=O)OC)cc1)NCCc1cccc(Cl)c1. The maximum Gasteiger partial charge on any atom is 0.411 e. The van der Waals surface area contributed by atoms with E-state index in [0.717, 1.165) is 36.1 Å². The molecule has 0 aliphatic carbocycles. The Morgan fingerprint density at radius 1 is 1.11 bits per heavy atom. The van der Waals surface area contributed by atoms with E-state index in [1.165, 1.54) is 12.7 Å². The van der Waals surface area contributed by atoms with Gasteiger partial charge in [-0.15, -0.1) is 0 Å². The van der Waals surface area contributed by atoms with Gasteiger partial charge in [0.1, 0.15) is 0 Å². The first kappa shape index (κ1) is 20.6. The van der Waals surface area contributed by atoms with Crippen LogP contribution in [0, 0.1) is 0 Å². The van der Waals surface area contributed by atoms with E-state index in [1.54, 1.807) is 0 Å². The van der Waals surface area contributed by atoms with Crippen LogP contribution in [0.4, 0.5) is 10.5 Å². The van der Waals surface area contributed by atoms with E-state index < -0.39 is 6.09 Å². The van der Waals surface area contributed by atoms with Gasteiger partial charge in [-0.1, -0.05) is 35.9 Å². The summed E-state index contributed by atoms with van der Waals surface area (Å²) in [5.74, 6) is 0.760. The summed E-state index contributed by atoms with van der Waals surface area (Å²) in [7, 11) is 1.33. The lowest BCUT2D eigenvalue weighted by Crippen LogP contribution is -2.38. The van der Waals surface area contributed by atoms with Crippen molar-refractivity contribution in [3.05, 3.63) is 64.7 Å². The van der Waals surface area contributed by atoms with E-state index in [0.29, 0.717) is 12.2 Å². The molecule has 0 aliphatic rings. The Hall–Kier alpha value is -2.73. The monoisotopic (exact) mass is 388 g/mol. The molecule has 1 amide bonds. The summed E-state index contributed by atoms with van der Waals surface area (Å²) in [5.41, 5.74) is 2.90. The van der Waals surface area contributed by atoms with Crippen LogP contribution in [-0.4, -0.2) is 32.3 Å². The van der Waals surface area contributed by atoms with E-state index in [-0.39, 0.29) is 0 Å². The largest absolute Gasteiger partial charge is 0.453 e. The van der Waals surface area contributed by atoms with Crippen LogP contribution in [0.15, 0.2) is 53.5 Å². The van der Waals surface area contributed by atoms with Crippen LogP contribution in [-0.2, 0) is 17.7 Å². The van der Waals surface area contributed by atoms with Crippen molar-refractivity contribution in [2.75, 3.05) is 25.5 Å². The van der Waals surface area contributed by atoms with Gasteiger partial charge in [-0.05, 0) is 48.7 Å². The van der Waals surface area contributed by atoms with Gasteiger partial charge in [-0.3, -0.25) is 5.32 Å². The number of guanidine groups is 1. The molecule has 0 unspecified atom stereocenters. The quantitative estimate of drug-likeness (QED) is 0.498. The molecule has 2 aromatic rings. The third kappa shape index (κ3) is 7.58. The Balaban J connectivity index is 1.87. The predicted molar refractivity (Wildman–Crippen MR) is 110 cm³/mol. The van der Waals surface area contributed by atoms with E-state index in [9.17, 15) is 4.79 Å². The lowest BCUT2D eigenvalue weighted by atomic mass is 10.1. The fraction of sp³-hybridized carbons (Fsp3) is 0.300. The van der Waals surface area contributed by atoms with Crippen molar-refractivity contribution in [2.45, 2.75) is 19.9 Å². The number of carbonyl (C=O) groups excluding carboxylic acids is 1. The van der Waals surface area contributed by atoms with Crippen molar-refractivity contribution in [3.63, 3.8) is 0 Å². The Morgan fingerprint density at radius 3 is 2.56 bits per heavy atom. The minimum absolute atomic E-state index is 0.487. The maximum atomic E-state index is 11.2. The van der Waals surface area contributed by atoms with Crippen LogP contribution >= 0.6 is 11.6 Å². The first-order chi connectivity index (χ1) is 13.1. The molecule has 7 heteroatoms. The van der Waals surface area contributed by atoms with Crippen molar-refractivity contribution < 1.29 is 9.53 Å². The van der Waals surface area contributed by atoms with Gasteiger partial charge in [0.25, 0.3) is 0 Å². The highest BCUT2D eigenvalue weighted by Crippen LogP contribution is 2.11. The Kier molecular flexibility index (Phi) is 8.45. The molecule has 27 heavy (non-hydrogen) atoms. The van der Waals surface area contributed by atoms with Gasteiger partial charge >= 0.3 is 6.09 Å². The highest BCUT2D eigenvalue weighted by atomic mass is 35.5. The van der Waals surface area contributed by atoms with Crippen LogP contribution in [0.25, 0.3) is 0 Å². The standard InChI is InChI=1S/C20H25ClN4O2/c1-3-22-19(23-12-11-15-5-4-6-17(21)13-15)24-14-16-7-9-18(10-8-16)25-20(26)27-2/h4-10,13H,3,11-12,14H2,1-2H3,(H,25,26)(H2,22,23,24). The number of methoxy groups -OCH3 is 1. The molecule has 3 N–H and O–H groups in total. The topological polar surface area (TPSA) is 74.8 Å².